The number of rotatable bonds is 4. The number of methoxy groups -OCH3 is 1. The number of nitrogens with zero attached hydrogens (tertiary/aromatic N) is 1. The second-order valence-electron chi connectivity index (χ2n) is 5.47. The predicted molar refractivity (Wildman–Crippen MR) is 87.0 cm³/mol. The summed E-state index contributed by atoms with van der Waals surface area (Å²) in [6.45, 7) is 2.11. The van der Waals surface area contributed by atoms with Crippen molar-refractivity contribution in [1.82, 2.24) is 0 Å². The molecule has 0 bridgehead atoms. The summed E-state index contributed by atoms with van der Waals surface area (Å²) in [4.78, 5) is 14.0. The van der Waals surface area contributed by atoms with E-state index in [9.17, 15) is 4.79 Å². The fourth-order valence-corrected chi connectivity index (χ4v) is 2.85. The fraction of sp³-hybridized carbons (Fsp3) is 0.278. The van der Waals surface area contributed by atoms with E-state index in [1.807, 2.05) is 36.4 Å². The molecule has 2 aromatic carbocycles. The topological polar surface area (TPSA) is 55.6 Å². The summed E-state index contributed by atoms with van der Waals surface area (Å²) in [5.41, 5.74) is 9.20. The summed E-state index contributed by atoms with van der Waals surface area (Å²) in [6.07, 6.45) is 0.982. The monoisotopic (exact) mass is 296 g/mol. The zero-order chi connectivity index (χ0) is 15.7. The summed E-state index contributed by atoms with van der Waals surface area (Å²) in [5.74, 6) is 0.756. The Hall–Kier alpha value is -2.33. The lowest BCUT2D eigenvalue weighted by atomic mass is 9.88. The van der Waals surface area contributed by atoms with Gasteiger partial charge in [0, 0.05) is 5.69 Å². The first-order valence-electron chi connectivity index (χ1n) is 7.47. The zero-order valence-corrected chi connectivity index (χ0v) is 12.8. The smallest absolute Gasteiger partial charge is 0.247 e. The molecule has 2 atom stereocenters. The summed E-state index contributed by atoms with van der Waals surface area (Å²) >= 11 is 0. The number of aryl methyl sites for hydroxylation is 1. The molecule has 1 aliphatic rings. The van der Waals surface area contributed by atoms with Gasteiger partial charge in [-0.05, 0) is 41.8 Å². The van der Waals surface area contributed by atoms with Gasteiger partial charge in [-0.3, -0.25) is 4.79 Å². The normalized spacial score (nSPS) is 20.7. The first-order chi connectivity index (χ1) is 10.7. The van der Waals surface area contributed by atoms with E-state index in [1.165, 1.54) is 5.56 Å². The maximum Gasteiger partial charge on any atom is 0.247 e. The molecule has 22 heavy (non-hydrogen) atoms. The van der Waals surface area contributed by atoms with Gasteiger partial charge in [-0.15, -0.1) is 0 Å². The molecule has 114 valence electrons. The third-order valence-corrected chi connectivity index (χ3v) is 4.22. The van der Waals surface area contributed by atoms with Gasteiger partial charge < -0.3 is 15.4 Å². The van der Waals surface area contributed by atoms with E-state index in [1.54, 1.807) is 12.0 Å². The zero-order valence-electron chi connectivity index (χ0n) is 12.8. The highest BCUT2D eigenvalue weighted by molar-refractivity contribution is 6.05. The third-order valence-electron chi connectivity index (χ3n) is 4.22. The summed E-state index contributed by atoms with van der Waals surface area (Å²) in [6, 6.07) is 15.2. The van der Waals surface area contributed by atoms with Crippen LogP contribution in [-0.2, 0) is 11.2 Å². The maximum absolute atomic E-state index is 12.2. The van der Waals surface area contributed by atoms with Crippen LogP contribution in [0.15, 0.2) is 48.5 Å². The number of benzene rings is 2. The lowest BCUT2D eigenvalue weighted by molar-refractivity contribution is -0.126. The molecule has 2 N–H and O–H groups in total. The van der Waals surface area contributed by atoms with Crippen LogP contribution in [-0.4, -0.2) is 19.1 Å². The molecule has 4 heteroatoms. The van der Waals surface area contributed by atoms with Gasteiger partial charge in [-0.2, -0.15) is 0 Å². The molecule has 1 heterocycles. The Kier molecular flexibility index (Phi) is 3.86. The molecule has 1 fully saturated rings. The van der Waals surface area contributed by atoms with E-state index in [0.717, 1.165) is 23.4 Å². The second kappa shape index (κ2) is 5.81. The first kappa shape index (κ1) is 14.6. The van der Waals surface area contributed by atoms with Gasteiger partial charge in [0.1, 0.15) is 11.8 Å². The van der Waals surface area contributed by atoms with Crippen molar-refractivity contribution in [3.63, 3.8) is 0 Å². The van der Waals surface area contributed by atoms with Crippen molar-refractivity contribution < 1.29 is 9.53 Å². The Balaban J connectivity index is 1.89. The van der Waals surface area contributed by atoms with Gasteiger partial charge in [0.25, 0.3) is 0 Å². The van der Waals surface area contributed by atoms with Crippen LogP contribution in [0, 0.1) is 0 Å². The number of nitrogens with two attached hydrogens (primary N) is 1. The largest absolute Gasteiger partial charge is 0.497 e. The van der Waals surface area contributed by atoms with Crippen LogP contribution in [0.3, 0.4) is 0 Å². The molecule has 0 aliphatic carbocycles. The SMILES string of the molecule is CCc1ccc(N2C(=O)[C@H](N)[C@@H]2c2ccc(OC)cc2)cc1. The van der Waals surface area contributed by atoms with Crippen molar-refractivity contribution in [2.24, 2.45) is 5.73 Å². The van der Waals surface area contributed by atoms with Crippen molar-refractivity contribution in [1.29, 1.82) is 0 Å². The molecule has 0 aromatic heterocycles. The second-order valence-corrected chi connectivity index (χ2v) is 5.47. The Morgan fingerprint density at radius 3 is 2.27 bits per heavy atom. The molecule has 2 aromatic rings. The van der Waals surface area contributed by atoms with Crippen molar-refractivity contribution >= 4 is 11.6 Å². The number of hydrogen-bond acceptors (Lipinski definition) is 3. The Morgan fingerprint density at radius 2 is 1.73 bits per heavy atom. The fourth-order valence-electron chi connectivity index (χ4n) is 2.85. The quantitative estimate of drug-likeness (QED) is 0.883. The Morgan fingerprint density at radius 1 is 1.09 bits per heavy atom. The number of hydrogen-bond donors (Lipinski definition) is 1. The number of anilines is 1. The first-order valence-corrected chi connectivity index (χ1v) is 7.47. The molecular weight excluding hydrogens is 276 g/mol. The standard InChI is InChI=1S/C18H20N2O2/c1-3-12-4-8-14(9-5-12)20-17(16(19)18(20)21)13-6-10-15(22-2)11-7-13/h4-11,16-17H,3,19H2,1-2H3/t16-,17+/m1/s1. The molecule has 1 aliphatic heterocycles. The molecule has 0 radical (unpaired) electrons. The summed E-state index contributed by atoms with van der Waals surface area (Å²) < 4.78 is 5.17. The molecule has 1 amide bonds. The minimum absolute atomic E-state index is 0.0370. The minimum Gasteiger partial charge on any atom is -0.497 e. The summed E-state index contributed by atoms with van der Waals surface area (Å²) in [5, 5.41) is 0. The third kappa shape index (κ3) is 2.35. The van der Waals surface area contributed by atoms with Crippen molar-refractivity contribution in [2.75, 3.05) is 12.0 Å². The van der Waals surface area contributed by atoms with Gasteiger partial charge in [0.05, 0.1) is 13.2 Å². The van der Waals surface area contributed by atoms with Crippen molar-refractivity contribution in [2.45, 2.75) is 25.4 Å². The van der Waals surface area contributed by atoms with Crippen LogP contribution in [0.25, 0.3) is 0 Å². The van der Waals surface area contributed by atoms with Gasteiger partial charge in [0.15, 0.2) is 0 Å². The highest BCUT2D eigenvalue weighted by Gasteiger charge is 2.46. The predicted octanol–water partition coefficient (Wildman–Crippen LogP) is 2.67. The van der Waals surface area contributed by atoms with Crippen molar-refractivity contribution in [3.05, 3.63) is 59.7 Å². The number of carbonyl (C=O) groups excluding carboxylic acids is 1. The Labute approximate surface area is 130 Å². The number of carbonyl (C=O) groups is 1. The molecule has 4 nitrogen and oxygen atoms in total. The van der Waals surface area contributed by atoms with E-state index in [4.69, 9.17) is 10.5 Å². The number of amides is 1. The van der Waals surface area contributed by atoms with Crippen LogP contribution in [0.2, 0.25) is 0 Å². The van der Waals surface area contributed by atoms with E-state index in [2.05, 4.69) is 19.1 Å². The Bertz CT molecular complexity index is 664. The van der Waals surface area contributed by atoms with Crippen LogP contribution in [0.5, 0.6) is 5.75 Å². The minimum atomic E-state index is -0.487. The molecular formula is C18H20N2O2. The molecule has 3 rings (SSSR count). The van der Waals surface area contributed by atoms with E-state index in [-0.39, 0.29) is 11.9 Å². The summed E-state index contributed by atoms with van der Waals surface area (Å²) in [7, 11) is 1.63. The van der Waals surface area contributed by atoms with Crippen LogP contribution in [0.1, 0.15) is 24.1 Å². The molecule has 0 saturated carbocycles. The maximum atomic E-state index is 12.2. The lowest BCUT2D eigenvalue weighted by Gasteiger charge is -2.45. The van der Waals surface area contributed by atoms with Gasteiger partial charge in [-0.1, -0.05) is 31.2 Å². The highest BCUT2D eigenvalue weighted by Crippen LogP contribution is 2.38. The van der Waals surface area contributed by atoms with E-state index >= 15 is 0 Å². The highest BCUT2D eigenvalue weighted by atomic mass is 16.5. The number of β-lactam (4-membered cyclic amide) rings is 1. The average Bonchev–Trinajstić information content (AvgIpc) is 2.59. The van der Waals surface area contributed by atoms with E-state index in [0.29, 0.717) is 0 Å². The van der Waals surface area contributed by atoms with Gasteiger partial charge >= 0.3 is 0 Å². The van der Waals surface area contributed by atoms with Crippen molar-refractivity contribution in [3.8, 4) is 5.75 Å². The van der Waals surface area contributed by atoms with Crippen LogP contribution >= 0.6 is 0 Å². The molecule has 1 saturated heterocycles. The van der Waals surface area contributed by atoms with Crippen LogP contribution < -0.4 is 15.4 Å². The number of ether oxygens (including phenoxy) is 1. The van der Waals surface area contributed by atoms with E-state index < -0.39 is 6.04 Å². The molecule has 0 spiro atoms. The van der Waals surface area contributed by atoms with Gasteiger partial charge in [-0.25, -0.2) is 0 Å². The molecule has 0 unspecified atom stereocenters. The van der Waals surface area contributed by atoms with Crippen LogP contribution in [0.4, 0.5) is 5.69 Å². The lowest BCUT2D eigenvalue weighted by Crippen LogP contribution is -2.63. The average molecular weight is 296 g/mol. The van der Waals surface area contributed by atoms with Gasteiger partial charge in [0.2, 0.25) is 5.91 Å².